The highest BCUT2D eigenvalue weighted by Gasteiger charge is 2.17. The Kier molecular flexibility index (Phi) is 2.91. The van der Waals surface area contributed by atoms with Gasteiger partial charge in [-0.25, -0.2) is 4.39 Å². The van der Waals surface area contributed by atoms with E-state index in [1.54, 1.807) is 30.3 Å². The molecule has 0 unspecified atom stereocenters. The van der Waals surface area contributed by atoms with Crippen molar-refractivity contribution >= 4 is 11.0 Å². The molecule has 0 saturated heterocycles. The normalized spacial score (nSPS) is 11.2. The summed E-state index contributed by atoms with van der Waals surface area (Å²) in [5, 5.41) is 10.5. The quantitative estimate of drug-likeness (QED) is 0.530. The van der Waals surface area contributed by atoms with Gasteiger partial charge in [-0.05, 0) is 42.0 Å². The maximum Gasteiger partial charge on any atom is 0.182 e. The lowest BCUT2D eigenvalue weighted by molar-refractivity contribution is 0.474. The number of benzene rings is 3. The molecule has 0 fully saturated rings. The van der Waals surface area contributed by atoms with Gasteiger partial charge in [0.1, 0.15) is 22.9 Å². The van der Waals surface area contributed by atoms with Crippen LogP contribution in [0, 0.1) is 5.82 Å². The Morgan fingerprint density at radius 2 is 1.70 bits per heavy atom. The zero-order chi connectivity index (χ0) is 16.0. The average Bonchev–Trinajstić information content (AvgIpc) is 2.53. The van der Waals surface area contributed by atoms with Crippen LogP contribution in [0.4, 0.5) is 4.39 Å². The smallest absolute Gasteiger partial charge is 0.182 e. The Bertz CT molecular complexity index is 1050. The molecule has 2 aromatic carbocycles. The topological polar surface area (TPSA) is 50.4 Å². The van der Waals surface area contributed by atoms with Crippen LogP contribution in [0.1, 0.15) is 0 Å². The summed E-state index contributed by atoms with van der Waals surface area (Å²) in [5.41, 5.74) is 2.70. The summed E-state index contributed by atoms with van der Waals surface area (Å²) in [4.78, 5) is 11.6. The number of phenols is 1. The first-order valence-electron chi connectivity index (χ1n) is 7.07. The molecular weight excluding hydrogens is 295 g/mol. The van der Waals surface area contributed by atoms with Gasteiger partial charge in [-0.15, -0.1) is 0 Å². The lowest BCUT2D eigenvalue weighted by Crippen LogP contribution is -1.99. The molecule has 3 nitrogen and oxygen atoms in total. The van der Waals surface area contributed by atoms with E-state index < -0.39 is 0 Å². The average molecular weight is 306 g/mol. The maximum atomic E-state index is 13.2. The molecule has 112 valence electrons. The van der Waals surface area contributed by atoms with Crippen LogP contribution in [-0.4, -0.2) is 5.11 Å². The van der Waals surface area contributed by atoms with Gasteiger partial charge in [-0.1, -0.05) is 12.1 Å². The van der Waals surface area contributed by atoms with E-state index in [0.717, 1.165) is 22.1 Å². The highest BCUT2D eigenvalue weighted by atomic mass is 19.1. The van der Waals surface area contributed by atoms with Crippen LogP contribution in [0.15, 0.2) is 69.9 Å². The van der Waals surface area contributed by atoms with Crippen LogP contribution in [0.3, 0.4) is 0 Å². The molecule has 1 N–H and O–H groups in total. The first-order valence-corrected chi connectivity index (χ1v) is 7.07. The van der Waals surface area contributed by atoms with Crippen molar-refractivity contribution in [2.75, 3.05) is 0 Å². The molecule has 0 bridgehead atoms. The van der Waals surface area contributed by atoms with E-state index in [0.29, 0.717) is 11.3 Å². The Hall–Kier alpha value is -3.14. The Morgan fingerprint density at radius 1 is 0.913 bits per heavy atom. The van der Waals surface area contributed by atoms with Crippen molar-refractivity contribution < 1.29 is 13.9 Å². The van der Waals surface area contributed by atoms with Crippen molar-refractivity contribution in [3.8, 4) is 28.2 Å². The predicted octanol–water partition coefficient (Wildman–Crippen LogP) is 4.41. The summed E-state index contributed by atoms with van der Waals surface area (Å²) in [7, 11) is 0. The van der Waals surface area contributed by atoms with Gasteiger partial charge < -0.3 is 9.52 Å². The second-order valence-electron chi connectivity index (χ2n) is 5.32. The van der Waals surface area contributed by atoms with E-state index in [9.17, 15) is 14.3 Å². The van der Waals surface area contributed by atoms with Gasteiger partial charge in [0.15, 0.2) is 5.43 Å². The van der Waals surface area contributed by atoms with E-state index in [1.807, 2.05) is 0 Å². The Balaban J connectivity index is 2.17. The number of hydrogen-bond acceptors (Lipinski definition) is 3. The molecular formula is C19H11FO3. The zero-order valence-corrected chi connectivity index (χ0v) is 11.9. The van der Waals surface area contributed by atoms with Crippen LogP contribution in [0.5, 0.6) is 5.75 Å². The SMILES string of the molecule is O=c1ccc2c(-c3ccc(F)cc3)c3ccc(O)cc3oc-2c1. The molecule has 4 rings (SSSR count). The third-order valence-electron chi connectivity index (χ3n) is 3.81. The third-order valence-corrected chi connectivity index (χ3v) is 3.81. The fourth-order valence-corrected chi connectivity index (χ4v) is 2.79. The highest BCUT2D eigenvalue weighted by molar-refractivity contribution is 6.02. The van der Waals surface area contributed by atoms with Crippen molar-refractivity contribution in [2.24, 2.45) is 0 Å². The minimum absolute atomic E-state index is 0.0731. The summed E-state index contributed by atoms with van der Waals surface area (Å²) in [6, 6.07) is 15.5. The van der Waals surface area contributed by atoms with E-state index in [2.05, 4.69) is 0 Å². The highest BCUT2D eigenvalue weighted by Crippen LogP contribution is 2.40. The van der Waals surface area contributed by atoms with Gasteiger partial charge in [0.2, 0.25) is 0 Å². The summed E-state index contributed by atoms with van der Waals surface area (Å²) in [6.45, 7) is 0. The molecule has 23 heavy (non-hydrogen) atoms. The lowest BCUT2D eigenvalue weighted by atomic mass is 9.94. The van der Waals surface area contributed by atoms with Gasteiger partial charge >= 0.3 is 0 Å². The summed E-state index contributed by atoms with van der Waals surface area (Å²) >= 11 is 0. The van der Waals surface area contributed by atoms with E-state index in [-0.39, 0.29) is 17.0 Å². The third kappa shape index (κ3) is 2.25. The molecule has 0 amide bonds. The number of aromatic hydroxyl groups is 1. The number of halogens is 1. The number of phenolic OH excluding ortho intramolecular Hbond substituents is 1. The molecule has 0 aromatic heterocycles. The first-order chi connectivity index (χ1) is 11.1. The number of fused-ring (bicyclic) bond motifs is 2. The van der Waals surface area contributed by atoms with E-state index in [4.69, 9.17) is 4.42 Å². The van der Waals surface area contributed by atoms with Crippen molar-refractivity contribution in [2.45, 2.75) is 0 Å². The van der Waals surface area contributed by atoms with Crippen molar-refractivity contribution in [3.05, 3.63) is 76.7 Å². The summed E-state index contributed by atoms with van der Waals surface area (Å²) in [5.74, 6) is 0.182. The van der Waals surface area contributed by atoms with Crippen LogP contribution in [0.2, 0.25) is 0 Å². The van der Waals surface area contributed by atoms with Crippen LogP contribution >= 0.6 is 0 Å². The molecule has 4 heteroatoms. The minimum Gasteiger partial charge on any atom is -0.508 e. The largest absolute Gasteiger partial charge is 0.508 e. The molecule has 1 aliphatic heterocycles. The first kappa shape index (κ1) is 13.5. The standard InChI is InChI=1S/C19H11FO3/c20-12-3-1-11(2-4-12)19-15-7-5-13(21)9-17(15)23-18-10-14(22)6-8-16(18)19/h1-10,21H. The fourth-order valence-electron chi connectivity index (χ4n) is 2.79. The van der Waals surface area contributed by atoms with Crippen LogP contribution in [0.25, 0.3) is 33.4 Å². The lowest BCUT2D eigenvalue weighted by Gasteiger charge is -2.15. The summed E-state index contributed by atoms with van der Waals surface area (Å²) < 4.78 is 19.0. The molecule has 2 aromatic rings. The predicted molar refractivity (Wildman–Crippen MR) is 86.2 cm³/mol. The molecule has 0 radical (unpaired) electrons. The van der Waals surface area contributed by atoms with Crippen molar-refractivity contribution in [1.29, 1.82) is 0 Å². The van der Waals surface area contributed by atoms with Gasteiger partial charge in [0, 0.05) is 28.6 Å². The molecule has 2 aliphatic rings. The van der Waals surface area contributed by atoms with Crippen LogP contribution in [-0.2, 0) is 0 Å². The van der Waals surface area contributed by atoms with E-state index >= 15 is 0 Å². The minimum atomic E-state index is -0.317. The molecule has 1 heterocycles. The fraction of sp³-hybridized carbons (Fsp3) is 0. The van der Waals surface area contributed by atoms with Gasteiger partial charge in [-0.3, -0.25) is 4.79 Å². The van der Waals surface area contributed by atoms with Crippen molar-refractivity contribution in [1.82, 2.24) is 0 Å². The summed E-state index contributed by atoms with van der Waals surface area (Å²) in [6.07, 6.45) is 0. The second-order valence-corrected chi connectivity index (χ2v) is 5.32. The zero-order valence-electron chi connectivity index (χ0n) is 11.9. The van der Waals surface area contributed by atoms with Crippen LogP contribution < -0.4 is 5.43 Å². The molecule has 0 saturated carbocycles. The van der Waals surface area contributed by atoms with E-state index in [1.165, 1.54) is 30.3 Å². The second kappa shape index (κ2) is 4.95. The van der Waals surface area contributed by atoms with Gasteiger partial charge in [-0.2, -0.15) is 0 Å². The van der Waals surface area contributed by atoms with Gasteiger partial charge in [0.25, 0.3) is 0 Å². The molecule has 0 spiro atoms. The molecule has 1 aliphatic carbocycles. The Labute approximate surface area is 130 Å². The number of hydrogen-bond donors (Lipinski definition) is 1. The monoisotopic (exact) mass is 306 g/mol. The maximum absolute atomic E-state index is 13.2. The van der Waals surface area contributed by atoms with Gasteiger partial charge in [0.05, 0.1) is 0 Å². The molecule has 0 atom stereocenters. The number of rotatable bonds is 1. The Morgan fingerprint density at radius 3 is 2.48 bits per heavy atom. The van der Waals surface area contributed by atoms with Crippen molar-refractivity contribution in [3.63, 3.8) is 0 Å².